The third-order valence-corrected chi connectivity index (χ3v) is 4.88. The van der Waals surface area contributed by atoms with Gasteiger partial charge in [-0.2, -0.15) is 8.78 Å². The number of aliphatic carboxylic acids is 1. The molecule has 1 unspecified atom stereocenters. The highest BCUT2D eigenvalue weighted by atomic mass is 35.5. The number of carbonyl (C=O) groups excluding carboxylic acids is 2. The molecule has 2 aromatic carbocycles. The summed E-state index contributed by atoms with van der Waals surface area (Å²) in [6, 6.07) is 7.00. The Bertz CT molecular complexity index is 1110. The minimum Gasteiger partial charge on any atom is -0.478 e. The summed E-state index contributed by atoms with van der Waals surface area (Å²) in [5.74, 6) is -5.29. The molecule has 1 aliphatic heterocycles. The van der Waals surface area contributed by atoms with Crippen LogP contribution in [0.5, 0.6) is 5.75 Å². The van der Waals surface area contributed by atoms with E-state index in [0.717, 1.165) is 29.3 Å². The van der Waals surface area contributed by atoms with Crippen LogP contribution in [0.1, 0.15) is 28.3 Å². The summed E-state index contributed by atoms with van der Waals surface area (Å²) in [5, 5.41) is 9.40. The van der Waals surface area contributed by atoms with Crippen molar-refractivity contribution in [3.05, 3.63) is 70.1 Å². The number of carboxylic acid groups (broad SMARTS) is 1. The number of alkyl halides is 2. The maximum absolute atomic E-state index is 13.6. The minimum atomic E-state index is -3.30. The van der Waals surface area contributed by atoms with E-state index in [9.17, 15) is 32.7 Å². The lowest BCUT2D eigenvalue weighted by Crippen LogP contribution is -2.34. The molecule has 7 nitrogen and oxygen atoms in total. The van der Waals surface area contributed by atoms with Crippen molar-refractivity contribution in [1.29, 1.82) is 0 Å². The van der Waals surface area contributed by atoms with Crippen LogP contribution in [0.2, 0.25) is 5.02 Å². The van der Waals surface area contributed by atoms with Crippen LogP contribution in [0.3, 0.4) is 0 Å². The Morgan fingerprint density at radius 3 is 2.55 bits per heavy atom. The zero-order chi connectivity index (χ0) is 22.9. The lowest BCUT2D eigenvalue weighted by atomic mass is 9.85. The highest BCUT2D eigenvalue weighted by molar-refractivity contribution is 6.34. The fourth-order valence-corrected chi connectivity index (χ4v) is 3.48. The van der Waals surface area contributed by atoms with Gasteiger partial charge in [0.1, 0.15) is 11.6 Å². The highest BCUT2D eigenvalue weighted by Crippen LogP contribution is 2.40. The second kappa shape index (κ2) is 8.68. The summed E-state index contributed by atoms with van der Waals surface area (Å²) in [6.45, 7) is -3.30. The van der Waals surface area contributed by atoms with Crippen molar-refractivity contribution in [2.24, 2.45) is 5.73 Å². The van der Waals surface area contributed by atoms with Crippen LogP contribution in [-0.2, 0) is 9.59 Å². The number of carboxylic acids is 1. The molecule has 0 saturated heterocycles. The number of hydrogen-bond acceptors (Lipinski definition) is 4. The molecule has 0 aromatic heterocycles. The molecule has 0 bridgehead atoms. The van der Waals surface area contributed by atoms with Gasteiger partial charge < -0.3 is 15.6 Å². The van der Waals surface area contributed by atoms with E-state index < -0.39 is 47.4 Å². The van der Waals surface area contributed by atoms with E-state index in [0.29, 0.717) is 0 Å². The Morgan fingerprint density at radius 1 is 1.26 bits per heavy atom. The molecular weight excluding hydrogens is 441 g/mol. The lowest BCUT2D eigenvalue weighted by molar-refractivity contribution is -0.133. The topological polar surface area (TPSA) is 110 Å². The second-order valence-electron chi connectivity index (χ2n) is 6.51. The maximum atomic E-state index is 13.6. The van der Waals surface area contributed by atoms with Crippen molar-refractivity contribution >= 4 is 35.1 Å². The van der Waals surface area contributed by atoms with Crippen molar-refractivity contribution in [1.82, 2.24) is 0 Å². The lowest BCUT2D eigenvalue weighted by Gasteiger charge is -2.30. The van der Waals surface area contributed by atoms with E-state index >= 15 is 0 Å². The van der Waals surface area contributed by atoms with E-state index in [4.69, 9.17) is 17.3 Å². The first-order valence-corrected chi connectivity index (χ1v) is 9.07. The van der Waals surface area contributed by atoms with Crippen LogP contribution < -0.4 is 15.4 Å². The van der Waals surface area contributed by atoms with E-state index in [1.807, 2.05) is 0 Å². The van der Waals surface area contributed by atoms with E-state index in [1.54, 1.807) is 0 Å². The van der Waals surface area contributed by atoms with Gasteiger partial charge in [0, 0.05) is 24.6 Å². The standard InChI is InChI=1S/C20H14ClF3N2O5/c21-14-5-12(18(25)28)16(31-20(23)24)7-15(14)26-8-13(19(29)30)11(6-17(26)27)9-2-1-3-10(22)4-9/h1-5,7-8,11,20H,6H2,(H2,25,28)(H,29,30). The summed E-state index contributed by atoms with van der Waals surface area (Å²) in [5.41, 5.74) is 4.53. The maximum Gasteiger partial charge on any atom is 0.387 e. The minimum absolute atomic E-state index is 0.191. The number of hydrogen-bond donors (Lipinski definition) is 2. The Kier molecular flexibility index (Phi) is 6.21. The molecule has 0 saturated carbocycles. The first kappa shape index (κ1) is 22.2. The van der Waals surface area contributed by atoms with Gasteiger partial charge in [-0.25, -0.2) is 9.18 Å². The Morgan fingerprint density at radius 2 is 1.97 bits per heavy atom. The van der Waals surface area contributed by atoms with Gasteiger partial charge in [0.25, 0.3) is 5.91 Å². The molecule has 1 aliphatic rings. The fourth-order valence-electron chi connectivity index (χ4n) is 3.23. The fraction of sp³-hybridized carbons (Fsp3) is 0.150. The van der Waals surface area contributed by atoms with E-state index in [-0.39, 0.29) is 28.3 Å². The van der Waals surface area contributed by atoms with Gasteiger partial charge >= 0.3 is 12.6 Å². The van der Waals surface area contributed by atoms with Crippen molar-refractivity contribution < 1.29 is 37.4 Å². The molecule has 0 radical (unpaired) electrons. The molecule has 162 valence electrons. The van der Waals surface area contributed by atoms with Gasteiger partial charge in [0.2, 0.25) is 5.91 Å². The highest BCUT2D eigenvalue weighted by Gasteiger charge is 2.34. The molecule has 3 rings (SSSR count). The zero-order valence-electron chi connectivity index (χ0n) is 15.5. The third kappa shape index (κ3) is 4.64. The van der Waals surface area contributed by atoms with Crippen LogP contribution in [0.25, 0.3) is 0 Å². The van der Waals surface area contributed by atoms with E-state index in [1.165, 1.54) is 18.2 Å². The SMILES string of the molecule is NC(=O)c1cc(Cl)c(N2C=C(C(=O)O)C(c3cccc(F)c3)CC2=O)cc1OC(F)F. The Balaban J connectivity index is 2.11. The summed E-state index contributed by atoms with van der Waals surface area (Å²) >= 11 is 6.11. The van der Waals surface area contributed by atoms with Crippen LogP contribution >= 0.6 is 11.6 Å². The molecule has 2 aromatic rings. The van der Waals surface area contributed by atoms with Crippen LogP contribution in [-0.4, -0.2) is 29.5 Å². The summed E-state index contributed by atoms with van der Waals surface area (Å²) in [4.78, 5) is 37.0. The second-order valence-corrected chi connectivity index (χ2v) is 6.91. The number of nitrogens with zero attached hydrogens (tertiary/aromatic N) is 1. The monoisotopic (exact) mass is 454 g/mol. The van der Waals surface area contributed by atoms with Crippen molar-refractivity contribution in [3.63, 3.8) is 0 Å². The average molecular weight is 455 g/mol. The molecule has 3 N–H and O–H groups in total. The number of anilines is 1. The van der Waals surface area contributed by atoms with Crippen molar-refractivity contribution in [3.8, 4) is 5.75 Å². The summed E-state index contributed by atoms with van der Waals surface area (Å²) in [7, 11) is 0. The molecule has 0 spiro atoms. The largest absolute Gasteiger partial charge is 0.478 e. The number of ether oxygens (including phenoxy) is 1. The van der Waals surface area contributed by atoms with Crippen LogP contribution in [0.15, 0.2) is 48.2 Å². The number of primary amides is 1. The van der Waals surface area contributed by atoms with Crippen molar-refractivity contribution in [2.45, 2.75) is 19.0 Å². The number of rotatable bonds is 6. The third-order valence-electron chi connectivity index (χ3n) is 4.58. The first-order valence-electron chi connectivity index (χ1n) is 8.69. The summed E-state index contributed by atoms with van der Waals surface area (Å²) < 4.78 is 43.4. The molecule has 31 heavy (non-hydrogen) atoms. The van der Waals surface area contributed by atoms with Crippen LogP contribution in [0.4, 0.5) is 18.9 Å². The summed E-state index contributed by atoms with van der Waals surface area (Å²) in [6.07, 6.45) is 0.613. The molecule has 1 heterocycles. The smallest absolute Gasteiger partial charge is 0.387 e. The number of benzene rings is 2. The van der Waals surface area contributed by atoms with Gasteiger partial charge in [0.05, 0.1) is 21.8 Å². The zero-order valence-corrected chi connectivity index (χ0v) is 16.3. The van der Waals surface area contributed by atoms with Gasteiger partial charge in [0.15, 0.2) is 0 Å². The van der Waals surface area contributed by atoms with Gasteiger partial charge in [-0.1, -0.05) is 23.7 Å². The predicted molar refractivity (Wildman–Crippen MR) is 104 cm³/mol. The first-order chi connectivity index (χ1) is 14.6. The number of nitrogens with two attached hydrogens (primary N) is 1. The normalized spacial score (nSPS) is 16.3. The molecule has 2 amide bonds. The molecule has 11 heteroatoms. The molecule has 1 atom stereocenters. The quantitative estimate of drug-likeness (QED) is 0.692. The van der Waals surface area contributed by atoms with Gasteiger partial charge in [-0.3, -0.25) is 14.5 Å². The van der Waals surface area contributed by atoms with Crippen LogP contribution in [0, 0.1) is 5.82 Å². The van der Waals surface area contributed by atoms with Crippen molar-refractivity contribution in [2.75, 3.05) is 4.90 Å². The van der Waals surface area contributed by atoms with Gasteiger partial charge in [-0.05, 0) is 23.8 Å². The molecule has 0 fully saturated rings. The number of carbonyl (C=O) groups is 3. The van der Waals surface area contributed by atoms with E-state index in [2.05, 4.69) is 4.74 Å². The molecule has 0 aliphatic carbocycles. The molecular formula is C20H14ClF3N2O5. The Hall–Kier alpha value is -3.53. The number of halogens is 4. The number of amides is 2. The average Bonchev–Trinajstić information content (AvgIpc) is 2.68. The predicted octanol–water partition coefficient (Wildman–Crippen LogP) is 3.67. The Labute approximate surface area is 178 Å². The van der Waals surface area contributed by atoms with Gasteiger partial charge in [-0.15, -0.1) is 0 Å².